The maximum Gasteiger partial charge on any atom is 0.194 e. The van der Waals surface area contributed by atoms with Crippen molar-refractivity contribution in [1.29, 1.82) is 0 Å². The van der Waals surface area contributed by atoms with Gasteiger partial charge in [-0.25, -0.2) is 26.3 Å². The van der Waals surface area contributed by atoms with Crippen LogP contribution >= 0.6 is 0 Å². The maximum absolute atomic E-state index is 14.8. The minimum Gasteiger partial charge on any atom is -0.365 e. The van der Waals surface area contributed by atoms with Gasteiger partial charge in [-0.1, -0.05) is 52.4 Å². The molecule has 0 heterocycles. The van der Waals surface area contributed by atoms with Crippen LogP contribution < -0.4 is 0 Å². The van der Waals surface area contributed by atoms with Gasteiger partial charge < -0.3 is 4.74 Å². The molecule has 4 saturated carbocycles. The van der Waals surface area contributed by atoms with Crippen LogP contribution in [0.2, 0.25) is 0 Å². The molecule has 4 aliphatic rings. The number of rotatable bonds is 10. The maximum atomic E-state index is 14.8. The molecule has 2 unspecified atom stereocenters. The molecule has 2 aromatic rings. The summed E-state index contributed by atoms with van der Waals surface area (Å²) in [5.41, 5.74) is 0.412. The summed E-state index contributed by atoms with van der Waals surface area (Å²) in [6.07, 6.45) is 18.0. The summed E-state index contributed by atoms with van der Waals surface area (Å²) in [5.74, 6) is -4.18. The smallest absolute Gasteiger partial charge is 0.194 e. The van der Waals surface area contributed by atoms with Gasteiger partial charge in [0, 0.05) is 0 Å². The molecule has 1 nitrogen and oxygen atoms in total. The van der Waals surface area contributed by atoms with E-state index in [4.69, 9.17) is 4.74 Å². The van der Waals surface area contributed by atoms with Gasteiger partial charge >= 0.3 is 0 Å². The van der Waals surface area contributed by atoms with Crippen molar-refractivity contribution < 1.29 is 31.1 Å². The van der Waals surface area contributed by atoms with E-state index in [0.29, 0.717) is 23.7 Å². The molecule has 272 valence electrons. The van der Waals surface area contributed by atoms with Gasteiger partial charge in [-0.2, -0.15) is 0 Å². The van der Waals surface area contributed by atoms with Crippen LogP contribution in [0.5, 0.6) is 0 Å². The second-order valence-corrected chi connectivity index (χ2v) is 16.3. The highest BCUT2D eigenvalue weighted by molar-refractivity contribution is 5.25. The highest BCUT2D eigenvalue weighted by Crippen LogP contribution is 2.50. The van der Waals surface area contributed by atoms with Crippen molar-refractivity contribution in [2.24, 2.45) is 47.3 Å². The second kappa shape index (κ2) is 16.5. The Morgan fingerprint density at radius 1 is 0.449 bits per heavy atom. The predicted octanol–water partition coefficient (Wildman–Crippen LogP) is 13.4. The van der Waals surface area contributed by atoms with Gasteiger partial charge in [0.25, 0.3) is 0 Å². The van der Waals surface area contributed by atoms with Crippen molar-refractivity contribution in [2.75, 3.05) is 0 Å². The molecule has 2 aromatic carbocycles. The van der Waals surface area contributed by atoms with Crippen molar-refractivity contribution in [3.8, 4) is 0 Å². The number of ether oxygens (including phenoxy) is 1. The highest BCUT2D eigenvalue weighted by atomic mass is 19.2. The van der Waals surface area contributed by atoms with Crippen LogP contribution in [0.25, 0.3) is 0 Å². The van der Waals surface area contributed by atoms with Gasteiger partial charge in [-0.15, -0.1) is 0 Å². The molecule has 0 bridgehead atoms. The van der Waals surface area contributed by atoms with E-state index in [1.165, 1.54) is 64.2 Å². The molecule has 4 aliphatic carbocycles. The summed E-state index contributed by atoms with van der Waals surface area (Å²) in [5, 5.41) is 0. The summed E-state index contributed by atoms with van der Waals surface area (Å²) in [6, 6.07) is 4.09. The van der Waals surface area contributed by atoms with E-state index in [0.717, 1.165) is 87.5 Å². The predicted molar refractivity (Wildman–Crippen MR) is 182 cm³/mol. The summed E-state index contributed by atoms with van der Waals surface area (Å²) < 4.78 is 94.3. The summed E-state index contributed by atoms with van der Waals surface area (Å²) in [4.78, 5) is 0. The van der Waals surface area contributed by atoms with E-state index in [-0.39, 0.29) is 23.0 Å². The summed E-state index contributed by atoms with van der Waals surface area (Å²) >= 11 is 0. The van der Waals surface area contributed by atoms with Crippen LogP contribution in [0.15, 0.2) is 24.3 Å². The molecule has 0 saturated heterocycles. The zero-order valence-electron chi connectivity index (χ0n) is 29.5. The quantitative estimate of drug-likeness (QED) is 0.178. The fourth-order valence-electron chi connectivity index (χ4n) is 10.5. The minimum atomic E-state index is -1.53. The number of hydrogen-bond acceptors (Lipinski definition) is 1. The molecule has 49 heavy (non-hydrogen) atoms. The Kier molecular flexibility index (Phi) is 12.4. The molecule has 7 heteroatoms. The van der Waals surface area contributed by atoms with Crippen LogP contribution in [-0.4, -0.2) is 0 Å². The number of halogens is 6. The van der Waals surface area contributed by atoms with Crippen LogP contribution in [0.4, 0.5) is 26.3 Å². The number of benzene rings is 2. The first-order valence-corrected chi connectivity index (χ1v) is 19.6. The van der Waals surface area contributed by atoms with Crippen LogP contribution in [0.1, 0.15) is 153 Å². The Balaban J connectivity index is 1.24. The van der Waals surface area contributed by atoms with Crippen LogP contribution in [0, 0.1) is 82.2 Å². The van der Waals surface area contributed by atoms with Crippen molar-refractivity contribution in [1.82, 2.24) is 0 Å². The molecule has 2 atom stereocenters. The number of hydrogen-bond donors (Lipinski definition) is 0. The first-order chi connectivity index (χ1) is 23.6. The van der Waals surface area contributed by atoms with Gasteiger partial charge in [0.05, 0.1) is 12.2 Å². The molecular weight excluding hydrogens is 634 g/mol. The summed E-state index contributed by atoms with van der Waals surface area (Å²) in [6.45, 7) is 4.53. The Hall–Kier alpha value is -2.02. The van der Waals surface area contributed by atoms with E-state index < -0.39 is 47.1 Å². The zero-order valence-corrected chi connectivity index (χ0v) is 29.5. The lowest BCUT2D eigenvalue weighted by atomic mass is 9.67. The third kappa shape index (κ3) is 8.55. The van der Waals surface area contributed by atoms with Crippen molar-refractivity contribution >= 4 is 0 Å². The first kappa shape index (κ1) is 36.8. The van der Waals surface area contributed by atoms with Crippen LogP contribution in [-0.2, 0) is 4.74 Å². The lowest BCUT2D eigenvalue weighted by Gasteiger charge is -2.43. The van der Waals surface area contributed by atoms with Gasteiger partial charge in [-0.05, 0) is 160 Å². The van der Waals surface area contributed by atoms with Crippen molar-refractivity contribution in [3.05, 3.63) is 70.3 Å². The Morgan fingerprint density at radius 2 is 0.714 bits per heavy atom. The van der Waals surface area contributed by atoms with E-state index >= 15 is 0 Å². The average molecular weight is 691 g/mol. The van der Waals surface area contributed by atoms with Gasteiger partial charge in [0.15, 0.2) is 34.9 Å². The molecule has 4 fully saturated rings. The molecule has 0 radical (unpaired) electrons. The van der Waals surface area contributed by atoms with Gasteiger partial charge in [0.1, 0.15) is 0 Å². The topological polar surface area (TPSA) is 9.23 Å². The van der Waals surface area contributed by atoms with E-state index in [2.05, 4.69) is 13.8 Å². The highest BCUT2D eigenvalue weighted by Gasteiger charge is 2.40. The SMILES string of the molecule is CCC1CCC(C2CCC(C(OC(c3cc(F)c(F)c(F)c3)C3CCC(C4CCC(CC)CC4)CC3)c3cc(F)c(F)c(F)c3)CC2)CC1. The molecule has 6 rings (SSSR count). The average Bonchev–Trinajstić information content (AvgIpc) is 3.13. The molecule has 0 aliphatic heterocycles. The standard InChI is InChI=1S/C42H56F6O/c1-3-25-5-9-27(10-6-25)29-13-17-31(18-14-29)41(33-21-35(43)39(47)36(44)22-33)49-42(34-23-37(45)40(48)38(46)24-34)32-19-15-30(16-20-32)28-11-7-26(4-2)8-12-28/h21-32,41-42H,3-20H2,1-2H3. The summed E-state index contributed by atoms with van der Waals surface area (Å²) in [7, 11) is 0. The van der Waals surface area contributed by atoms with E-state index in [9.17, 15) is 26.3 Å². The fraction of sp³-hybridized carbons (Fsp3) is 0.714. The van der Waals surface area contributed by atoms with Crippen molar-refractivity contribution in [3.63, 3.8) is 0 Å². The van der Waals surface area contributed by atoms with Gasteiger partial charge in [0.2, 0.25) is 0 Å². The lowest BCUT2D eigenvalue weighted by Crippen LogP contribution is -2.32. The lowest BCUT2D eigenvalue weighted by molar-refractivity contribution is -0.0939. The zero-order chi connectivity index (χ0) is 34.7. The van der Waals surface area contributed by atoms with Crippen LogP contribution in [0.3, 0.4) is 0 Å². The fourth-order valence-corrected chi connectivity index (χ4v) is 10.5. The first-order valence-electron chi connectivity index (χ1n) is 19.6. The largest absolute Gasteiger partial charge is 0.365 e. The molecule has 0 spiro atoms. The normalized spacial score (nSPS) is 32.5. The second-order valence-electron chi connectivity index (χ2n) is 16.3. The molecular formula is C42H56F6O. The van der Waals surface area contributed by atoms with E-state index in [1.54, 1.807) is 0 Å². The molecule has 0 amide bonds. The molecule has 0 aromatic heterocycles. The minimum absolute atomic E-state index is 0.102. The Bertz CT molecular complexity index is 1210. The van der Waals surface area contributed by atoms with Crippen molar-refractivity contribution in [2.45, 2.75) is 142 Å². The van der Waals surface area contributed by atoms with E-state index in [1.807, 2.05) is 0 Å². The molecule has 0 N–H and O–H groups in total. The third-order valence-electron chi connectivity index (χ3n) is 13.7. The van der Waals surface area contributed by atoms with Gasteiger partial charge in [-0.3, -0.25) is 0 Å². The Morgan fingerprint density at radius 3 is 0.980 bits per heavy atom. The monoisotopic (exact) mass is 690 g/mol. The Labute approximate surface area is 290 Å². The third-order valence-corrected chi connectivity index (χ3v) is 13.7.